The van der Waals surface area contributed by atoms with Crippen molar-refractivity contribution in [3.63, 3.8) is 0 Å². The highest BCUT2D eigenvalue weighted by atomic mass is 16.7. The predicted molar refractivity (Wildman–Crippen MR) is 50.3 cm³/mol. The molecule has 0 unspecified atom stereocenters. The topological polar surface area (TPSA) is 55.8 Å². The standard InChI is InChI=1S/C10H12O4/c1-13-7-14-9-4-2-8(3-5-9)6-10(11)12/h2-5H,6-7H2,1H3,(H,11,12). The summed E-state index contributed by atoms with van der Waals surface area (Å²) in [5.74, 6) is -0.170. The zero-order valence-corrected chi connectivity index (χ0v) is 7.90. The molecule has 0 aliphatic carbocycles. The lowest BCUT2D eigenvalue weighted by Crippen LogP contribution is -2.01. The third-order valence-corrected chi connectivity index (χ3v) is 1.62. The van der Waals surface area contributed by atoms with Crippen LogP contribution >= 0.6 is 0 Å². The first-order valence-electron chi connectivity index (χ1n) is 4.15. The molecule has 1 aromatic rings. The summed E-state index contributed by atoms with van der Waals surface area (Å²) in [5, 5.41) is 8.53. The average Bonchev–Trinajstić information content (AvgIpc) is 2.16. The average molecular weight is 196 g/mol. The molecule has 0 heterocycles. The molecule has 0 atom stereocenters. The molecule has 0 amide bonds. The van der Waals surface area contributed by atoms with Gasteiger partial charge in [0.05, 0.1) is 6.42 Å². The summed E-state index contributed by atoms with van der Waals surface area (Å²) in [5.41, 5.74) is 0.752. The summed E-state index contributed by atoms with van der Waals surface area (Å²) in [6.45, 7) is 0.193. The molecular weight excluding hydrogens is 184 g/mol. The van der Waals surface area contributed by atoms with Gasteiger partial charge in [-0.05, 0) is 17.7 Å². The molecule has 0 bridgehead atoms. The van der Waals surface area contributed by atoms with E-state index in [1.54, 1.807) is 31.4 Å². The lowest BCUT2D eigenvalue weighted by atomic mass is 10.1. The molecule has 0 saturated heterocycles. The number of hydrogen-bond acceptors (Lipinski definition) is 3. The number of carboxylic acids is 1. The summed E-state index contributed by atoms with van der Waals surface area (Å²) in [4.78, 5) is 10.4. The van der Waals surface area contributed by atoms with Gasteiger partial charge in [0.15, 0.2) is 6.79 Å². The quantitative estimate of drug-likeness (QED) is 0.721. The van der Waals surface area contributed by atoms with Crippen molar-refractivity contribution in [2.24, 2.45) is 0 Å². The zero-order valence-electron chi connectivity index (χ0n) is 7.90. The van der Waals surface area contributed by atoms with E-state index in [2.05, 4.69) is 0 Å². The van der Waals surface area contributed by atoms with Crippen LogP contribution in [0.4, 0.5) is 0 Å². The summed E-state index contributed by atoms with van der Waals surface area (Å²) in [6, 6.07) is 6.88. The van der Waals surface area contributed by atoms with Crippen molar-refractivity contribution in [2.45, 2.75) is 6.42 Å². The summed E-state index contributed by atoms with van der Waals surface area (Å²) < 4.78 is 9.87. The Hall–Kier alpha value is -1.55. The Bertz CT molecular complexity index is 291. The van der Waals surface area contributed by atoms with E-state index in [0.29, 0.717) is 5.75 Å². The van der Waals surface area contributed by atoms with Crippen molar-refractivity contribution in [3.8, 4) is 5.75 Å². The highest BCUT2D eigenvalue weighted by Gasteiger charge is 2.00. The van der Waals surface area contributed by atoms with E-state index in [0.717, 1.165) is 5.56 Å². The van der Waals surface area contributed by atoms with Gasteiger partial charge in [0.25, 0.3) is 0 Å². The molecule has 4 heteroatoms. The van der Waals surface area contributed by atoms with Crippen molar-refractivity contribution in [1.29, 1.82) is 0 Å². The van der Waals surface area contributed by atoms with Crippen LogP contribution in [0.1, 0.15) is 5.56 Å². The molecule has 76 valence electrons. The number of benzene rings is 1. The van der Waals surface area contributed by atoms with Gasteiger partial charge in [0.2, 0.25) is 0 Å². The Morgan fingerprint density at radius 3 is 2.50 bits per heavy atom. The number of carboxylic acid groups (broad SMARTS) is 1. The molecular formula is C10H12O4. The summed E-state index contributed by atoms with van der Waals surface area (Å²) >= 11 is 0. The van der Waals surface area contributed by atoms with Gasteiger partial charge in [0.1, 0.15) is 5.75 Å². The van der Waals surface area contributed by atoms with Crippen LogP contribution in [-0.2, 0) is 16.0 Å². The fourth-order valence-corrected chi connectivity index (χ4v) is 1.01. The van der Waals surface area contributed by atoms with Crippen LogP contribution in [0.3, 0.4) is 0 Å². The Labute approximate surface area is 82.1 Å². The third kappa shape index (κ3) is 3.45. The number of carbonyl (C=O) groups is 1. The van der Waals surface area contributed by atoms with Gasteiger partial charge in [-0.2, -0.15) is 0 Å². The molecule has 1 aromatic carbocycles. The summed E-state index contributed by atoms with van der Waals surface area (Å²) in [7, 11) is 1.54. The lowest BCUT2D eigenvalue weighted by Gasteiger charge is -2.04. The molecule has 0 spiro atoms. The number of rotatable bonds is 5. The van der Waals surface area contributed by atoms with E-state index in [-0.39, 0.29) is 13.2 Å². The van der Waals surface area contributed by atoms with E-state index < -0.39 is 5.97 Å². The Balaban J connectivity index is 2.54. The normalized spacial score (nSPS) is 9.79. The van der Waals surface area contributed by atoms with Crippen molar-refractivity contribution >= 4 is 5.97 Å². The highest BCUT2D eigenvalue weighted by Crippen LogP contribution is 2.12. The van der Waals surface area contributed by atoms with Crippen LogP contribution in [0, 0.1) is 0 Å². The Morgan fingerprint density at radius 1 is 1.36 bits per heavy atom. The molecule has 14 heavy (non-hydrogen) atoms. The highest BCUT2D eigenvalue weighted by molar-refractivity contribution is 5.70. The second-order valence-electron chi connectivity index (χ2n) is 2.77. The van der Waals surface area contributed by atoms with Crippen LogP contribution in [-0.4, -0.2) is 25.0 Å². The molecule has 0 saturated carbocycles. The predicted octanol–water partition coefficient (Wildman–Crippen LogP) is 1.30. The van der Waals surface area contributed by atoms with Crippen LogP contribution in [0.25, 0.3) is 0 Å². The maximum absolute atomic E-state index is 10.4. The number of methoxy groups -OCH3 is 1. The van der Waals surface area contributed by atoms with Gasteiger partial charge < -0.3 is 14.6 Å². The number of aliphatic carboxylic acids is 1. The maximum Gasteiger partial charge on any atom is 0.307 e. The van der Waals surface area contributed by atoms with Gasteiger partial charge in [-0.1, -0.05) is 12.1 Å². The first-order valence-corrected chi connectivity index (χ1v) is 4.15. The minimum atomic E-state index is -0.837. The van der Waals surface area contributed by atoms with E-state index >= 15 is 0 Å². The van der Waals surface area contributed by atoms with Crippen molar-refractivity contribution in [3.05, 3.63) is 29.8 Å². The van der Waals surface area contributed by atoms with Crippen LogP contribution < -0.4 is 4.74 Å². The second kappa shape index (κ2) is 5.24. The number of ether oxygens (including phenoxy) is 2. The van der Waals surface area contributed by atoms with Crippen molar-refractivity contribution in [2.75, 3.05) is 13.9 Å². The van der Waals surface area contributed by atoms with E-state index in [9.17, 15) is 4.79 Å². The fourth-order valence-electron chi connectivity index (χ4n) is 1.01. The van der Waals surface area contributed by atoms with Crippen molar-refractivity contribution < 1.29 is 19.4 Å². The molecule has 1 N–H and O–H groups in total. The SMILES string of the molecule is COCOc1ccc(CC(=O)O)cc1. The van der Waals surface area contributed by atoms with Gasteiger partial charge in [-0.3, -0.25) is 4.79 Å². The Morgan fingerprint density at radius 2 is 2.00 bits per heavy atom. The van der Waals surface area contributed by atoms with Crippen LogP contribution in [0.5, 0.6) is 5.75 Å². The van der Waals surface area contributed by atoms with Crippen LogP contribution in [0.2, 0.25) is 0 Å². The molecule has 0 fully saturated rings. The first-order chi connectivity index (χ1) is 6.72. The van der Waals surface area contributed by atoms with Crippen LogP contribution in [0.15, 0.2) is 24.3 Å². The molecule has 4 nitrogen and oxygen atoms in total. The minimum absolute atomic E-state index is 0.0323. The molecule has 0 aliphatic rings. The van der Waals surface area contributed by atoms with Crippen molar-refractivity contribution in [1.82, 2.24) is 0 Å². The summed E-state index contributed by atoms with van der Waals surface area (Å²) in [6.07, 6.45) is 0.0323. The minimum Gasteiger partial charge on any atom is -0.481 e. The largest absolute Gasteiger partial charge is 0.481 e. The third-order valence-electron chi connectivity index (χ3n) is 1.62. The molecule has 0 radical (unpaired) electrons. The molecule has 0 aliphatic heterocycles. The molecule has 1 rings (SSSR count). The lowest BCUT2D eigenvalue weighted by molar-refractivity contribution is -0.136. The Kier molecular flexibility index (Phi) is 3.94. The second-order valence-corrected chi connectivity index (χ2v) is 2.77. The molecule has 0 aromatic heterocycles. The van der Waals surface area contributed by atoms with Gasteiger partial charge >= 0.3 is 5.97 Å². The van der Waals surface area contributed by atoms with E-state index in [4.69, 9.17) is 14.6 Å². The van der Waals surface area contributed by atoms with E-state index in [1.807, 2.05) is 0 Å². The maximum atomic E-state index is 10.4. The first kappa shape index (κ1) is 10.5. The van der Waals surface area contributed by atoms with Gasteiger partial charge in [0, 0.05) is 7.11 Å². The van der Waals surface area contributed by atoms with Gasteiger partial charge in [-0.15, -0.1) is 0 Å². The van der Waals surface area contributed by atoms with Gasteiger partial charge in [-0.25, -0.2) is 0 Å². The fraction of sp³-hybridized carbons (Fsp3) is 0.300. The smallest absolute Gasteiger partial charge is 0.307 e. The zero-order chi connectivity index (χ0) is 10.4. The number of hydrogen-bond donors (Lipinski definition) is 1. The van der Waals surface area contributed by atoms with E-state index in [1.165, 1.54) is 0 Å². The monoisotopic (exact) mass is 196 g/mol.